The number of sulfonamides is 1. The Balaban J connectivity index is 1.34. The first-order chi connectivity index (χ1) is 16.4. The molecule has 1 aromatic carbocycles. The highest BCUT2D eigenvalue weighted by Gasteiger charge is 2.27. The van der Waals surface area contributed by atoms with Crippen molar-refractivity contribution in [2.45, 2.75) is 24.2 Å². The summed E-state index contributed by atoms with van der Waals surface area (Å²) in [6, 6.07) is 6.39. The lowest BCUT2D eigenvalue weighted by molar-refractivity contribution is 0.0375. The van der Waals surface area contributed by atoms with Crippen molar-refractivity contribution in [2.24, 2.45) is 0 Å². The maximum absolute atomic E-state index is 12.7. The van der Waals surface area contributed by atoms with Crippen LogP contribution in [0.2, 0.25) is 0 Å². The molecule has 2 fully saturated rings. The Kier molecular flexibility index (Phi) is 7.93. The van der Waals surface area contributed by atoms with Crippen molar-refractivity contribution in [3.63, 3.8) is 0 Å². The number of carbonyl (C=O) groups is 1. The largest absolute Gasteiger partial charge is 0.414 e. The van der Waals surface area contributed by atoms with E-state index in [-0.39, 0.29) is 16.6 Å². The second-order valence-electron chi connectivity index (χ2n) is 8.21. The minimum Gasteiger partial charge on any atom is -0.387 e. The van der Waals surface area contributed by atoms with Crippen molar-refractivity contribution in [3.8, 4) is 17.1 Å². The van der Waals surface area contributed by atoms with Crippen LogP contribution >= 0.6 is 0 Å². The van der Waals surface area contributed by atoms with Crippen LogP contribution in [0.5, 0.6) is 5.88 Å². The van der Waals surface area contributed by atoms with Crippen LogP contribution in [0.25, 0.3) is 11.3 Å². The Morgan fingerprint density at radius 2 is 1.82 bits per heavy atom. The van der Waals surface area contributed by atoms with Gasteiger partial charge in [0.1, 0.15) is 0 Å². The number of hydrogen-bond acceptors (Lipinski definition) is 9. The molecule has 0 atom stereocenters. The normalized spacial score (nSPS) is 17.5. The number of hydrogen-bond donors (Lipinski definition) is 2. The average molecular weight is 491 g/mol. The molecule has 0 bridgehead atoms. The summed E-state index contributed by atoms with van der Waals surface area (Å²) in [5.41, 5.74) is 6.88. The Labute approximate surface area is 199 Å². The number of nitrogens with one attached hydrogen (secondary N) is 1. The van der Waals surface area contributed by atoms with Crippen LogP contribution in [0.15, 0.2) is 35.4 Å². The molecule has 0 radical (unpaired) electrons. The third-order valence-electron chi connectivity index (χ3n) is 5.83. The fourth-order valence-electron chi connectivity index (χ4n) is 3.91. The topological polar surface area (TPSA) is 140 Å². The third-order valence-corrected chi connectivity index (χ3v) is 7.75. The molecule has 2 aliphatic heterocycles. The summed E-state index contributed by atoms with van der Waals surface area (Å²) in [4.78, 5) is 23.1. The number of nitrogens with two attached hydrogens (primary N) is 1. The van der Waals surface area contributed by atoms with E-state index in [1.165, 1.54) is 10.5 Å². The average Bonchev–Trinajstić information content (AvgIpc) is 3.40. The van der Waals surface area contributed by atoms with Gasteiger partial charge in [0.15, 0.2) is 5.82 Å². The van der Waals surface area contributed by atoms with Crippen LogP contribution in [0.3, 0.4) is 0 Å². The molecule has 12 heteroatoms. The van der Waals surface area contributed by atoms with Crippen molar-refractivity contribution in [1.29, 1.82) is 0 Å². The Morgan fingerprint density at radius 1 is 1.12 bits per heavy atom. The van der Waals surface area contributed by atoms with Crippen LogP contribution in [0, 0.1) is 0 Å². The lowest BCUT2D eigenvalue weighted by atomic mass is 10.2. The Morgan fingerprint density at radius 3 is 2.53 bits per heavy atom. The van der Waals surface area contributed by atoms with Gasteiger partial charge >= 0.3 is 6.09 Å². The van der Waals surface area contributed by atoms with Gasteiger partial charge in [0.2, 0.25) is 10.0 Å². The number of rotatable bonds is 8. The number of morpholine rings is 1. The fourth-order valence-corrected chi connectivity index (χ4v) is 5.43. The minimum absolute atomic E-state index is 0.0135. The molecule has 0 spiro atoms. The molecule has 1 amide bonds. The van der Waals surface area contributed by atoms with E-state index >= 15 is 0 Å². The summed E-state index contributed by atoms with van der Waals surface area (Å²) in [7, 11) is -3.50. The van der Waals surface area contributed by atoms with E-state index in [1.807, 2.05) is 0 Å². The molecule has 1 aromatic heterocycles. The molecule has 2 aromatic rings. The Hall–Kier alpha value is -2.80. The molecule has 184 valence electrons. The van der Waals surface area contributed by atoms with Crippen molar-refractivity contribution < 1.29 is 22.7 Å². The number of aromatic nitrogens is 2. The lowest BCUT2D eigenvalue weighted by Crippen LogP contribution is -2.38. The van der Waals surface area contributed by atoms with Crippen molar-refractivity contribution >= 4 is 21.9 Å². The number of amides is 1. The summed E-state index contributed by atoms with van der Waals surface area (Å²) < 4.78 is 37.5. The predicted octanol–water partition coefficient (Wildman–Crippen LogP) is 1.32. The summed E-state index contributed by atoms with van der Waals surface area (Å²) in [5.74, 6) is -0.114. The molecule has 4 rings (SSSR count). The maximum Gasteiger partial charge on any atom is 0.414 e. The van der Waals surface area contributed by atoms with Crippen LogP contribution in [0.4, 0.5) is 10.6 Å². The maximum atomic E-state index is 12.7. The van der Waals surface area contributed by atoms with Gasteiger partial charge in [-0.1, -0.05) is 12.1 Å². The molecule has 11 nitrogen and oxygen atoms in total. The van der Waals surface area contributed by atoms with Gasteiger partial charge in [-0.3, -0.25) is 4.90 Å². The Bertz CT molecular complexity index is 1080. The van der Waals surface area contributed by atoms with E-state index in [4.69, 9.17) is 15.2 Å². The molecule has 2 saturated heterocycles. The highest BCUT2D eigenvalue weighted by atomic mass is 32.2. The first-order valence-electron chi connectivity index (χ1n) is 11.4. The van der Waals surface area contributed by atoms with Crippen LogP contribution < -0.4 is 15.8 Å². The number of nitrogen functional groups attached to an aromatic ring is 1. The minimum atomic E-state index is -3.50. The van der Waals surface area contributed by atoms with Gasteiger partial charge in [-0.2, -0.15) is 4.31 Å². The van der Waals surface area contributed by atoms with Gasteiger partial charge in [0.25, 0.3) is 5.88 Å². The fraction of sp³-hybridized carbons (Fsp3) is 0.500. The predicted molar refractivity (Wildman–Crippen MR) is 126 cm³/mol. The van der Waals surface area contributed by atoms with Gasteiger partial charge in [0, 0.05) is 38.3 Å². The SMILES string of the molecule is Nc1ncc(-c2ccc(S(=O)(=O)N3CCCC3)cc2)nc1OC(=O)NCCCN1CCOCC1. The molecule has 0 aliphatic carbocycles. The first-order valence-corrected chi connectivity index (χ1v) is 12.9. The van der Waals surface area contributed by atoms with Gasteiger partial charge in [0.05, 0.1) is 30.0 Å². The van der Waals surface area contributed by atoms with Gasteiger partial charge in [-0.25, -0.2) is 23.2 Å². The number of ether oxygens (including phenoxy) is 2. The summed E-state index contributed by atoms with van der Waals surface area (Å²) in [6.45, 7) is 5.68. The number of nitrogens with zero attached hydrogens (tertiary/aromatic N) is 4. The molecular weight excluding hydrogens is 460 g/mol. The van der Waals surface area contributed by atoms with Crippen LogP contribution in [0.1, 0.15) is 19.3 Å². The second kappa shape index (κ2) is 11.1. The van der Waals surface area contributed by atoms with E-state index in [0.29, 0.717) is 30.9 Å². The standard InChI is InChI=1S/C22H30N6O5S/c23-20-21(33-22(29)24-8-3-9-27-12-14-32-15-13-27)26-19(16-25-20)17-4-6-18(7-5-17)34(30,31)28-10-1-2-11-28/h4-7,16H,1-3,8-15H2,(H2,23,25)(H,24,29). The van der Waals surface area contributed by atoms with Crippen LogP contribution in [-0.2, 0) is 14.8 Å². The van der Waals surface area contributed by atoms with Gasteiger partial charge in [-0.05, 0) is 37.9 Å². The van der Waals surface area contributed by atoms with Gasteiger partial charge < -0.3 is 20.5 Å². The lowest BCUT2D eigenvalue weighted by Gasteiger charge is -2.26. The van der Waals surface area contributed by atoms with Crippen molar-refractivity contribution in [3.05, 3.63) is 30.5 Å². The molecule has 0 saturated carbocycles. The molecule has 0 unspecified atom stereocenters. The second-order valence-corrected chi connectivity index (χ2v) is 10.1. The highest BCUT2D eigenvalue weighted by molar-refractivity contribution is 7.89. The molecule has 3 N–H and O–H groups in total. The monoisotopic (exact) mass is 490 g/mol. The first kappa shape index (κ1) is 24.3. The van der Waals surface area contributed by atoms with Crippen molar-refractivity contribution in [2.75, 3.05) is 58.2 Å². The van der Waals surface area contributed by atoms with E-state index in [9.17, 15) is 13.2 Å². The molecule has 34 heavy (non-hydrogen) atoms. The smallest absolute Gasteiger partial charge is 0.387 e. The summed E-state index contributed by atoms with van der Waals surface area (Å²) in [6.07, 6.45) is 3.33. The van der Waals surface area contributed by atoms with Crippen molar-refractivity contribution in [1.82, 2.24) is 24.5 Å². The highest BCUT2D eigenvalue weighted by Crippen LogP contribution is 2.26. The van der Waals surface area contributed by atoms with Crippen LogP contribution in [-0.4, -0.2) is 86.2 Å². The quantitative estimate of drug-likeness (QED) is 0.524. The van der Waals surface area contributed by atoms with E-state index in [0.717, 1.165) is 52.1 Å². The molecular formula is C22H30N6O5S. The number of benzene rings is 1. The zero-order valence-corrected chi connectivity index (χ0v) is 19.8. The summed E-state index contributed by atoms with van der Waals surface area (Å²) in [5, 5.41) is 2.69. The van der Waals surface area contributed by atoms with Gasteiger partial charge in [-0.15, -0.1) is 0 Å². The number of anilines is 1. The zero-order chi connectivity index (χ0) is 24.0. The molecule has 3 heterocycles. The summed E-state index contributed by atoms with van der Waals surface area (Å²) >= 11 is 0. The third kappa shape index (κ3) is 6.00. The van der Waals surface area contributed by atoms with E-state index in [2.05, 4.69) is 20.2 Å². The zero-order valence-electron chi connectivity index (χ0n) is 19.0. The molecule has 2 aliphatic rings. The van der Waals surface area contributed by atoms with E-state index < -0.39 is 16.1 Å². The number of carbonyl (C=O) groups excluding carboxylic acids is 1. The van der Waals surface area contributed by atoms with E-state index in [1.54, 1.807) is 24.3 Å².